The van der Waals surface area contributed by atoms with Gasteiger partial charge in [0, 0.05) is 11.4 Å². The fraction of sp³-hybridized carbons (Fsp3) is 0.368. The number of hydrogen-bond acceptors (Lipinski definition) is 5. The van der Waals surface area contributed by atoms with Crippen molar-refractivity contribution in [2.24, 2.45) is 0 Å². The van der Waals surface area contributed by atoms with Crippen LogP contribution in [-0.4, -0.2) is 31.1 Å². The molecule has 0 bridgehead atoms. The summed E-state index contributed by atoms with van der Waals surface area (Å²) in [5.41, 5.74) is 12.9. The van der Waals surface area contributed by atoms with Crippen molar-refractivity contribution in [1.29, 1.82) is 0 Å². The number of nitrogen functional groups attached to an aromatic ring is 2. The Kier molecular flexibility index (Phi) is 5.88. The van der Waals surface area contributed by atoms with Gasteiger partial charge in [0.1, 0.15) is 5.75 Å². The fourth-order valence-corrected chi connectivity index (χ4v) is 3.82. The predicted molar refractivity (Wildman–Crippen MR) is 102 cm³/mol. The number of nitrogens with zero attached hydrogens (tertiary/aromatic N) is 1. The lowest BCUT2D eigenvalue weighted by atomic mass is 10.3. The summed E-state index contributed by atoms with van der Waals surface area (Å²) in [4.78, 5) is 4.68. The highest BCUT2D eigenvalue weighted by molar-refractivity contribution is 7.99. The highest BCUT2D eigenvalue weighted by atomic mass is 32.2. The average molecular weight is 343 g/mol. The largest absolute Gasteiger partial charge is 0.492 e. The fourth-order valence-electron chi connectivity index (χ4n) is 2.87. The number of anilines is 2. The standard InChI is InChI=1S/C19H25N3OS/c20-16-9-8-15(14-17(16)21)24-19-7-2-1-6-18(19)23-13-5-12-22-10-3-4-11-22/h1-2,6-9,14H,3-5,10-13,20-21H2. The quantitative estimate of drug-likeness (QED) is 0.590. The zero-order valence-electron chi connectivity index (χ0n) is 13.9. The molecule has 1 fully saturated rings. The van der Waals surface area contributed by atoms with Crippen molar-refractivity contribution in [1.82, 2.24) is 4.90 Å². The molecule has 4 N–H and O–H groups in total. The first-order valence-electron chi connectivity index (χ1n) is 8.49. The number of ether oxygens (including phenoxy) is 1. The normalized spacial score (nSPS) is 14.8. The number of nitrogens with two attached hydrogens (primary N) is 2. The molecule has 0 aromatic heterocycles. The second-order valence-electron chi connectivity index (χ2n) is 6.09. The van der Waals surface area contributed by atoms with Crippen LogP contribution in [0.5, 0.6) is 5.75 Å². The maximum absolute atomic E-state index is 6.02. The molecule has 2 aromatic rings. The third-order valence-corrected chi connectivity index (χ3v) is 5.26. The Bertz CT molecular complexity index is 671. The monoisotopic (exact) mass is 343 g/mol. The first-order valence-corrected chi connectivity index (χ1v) is 9.31. The third-order valence-electron chi connectivity index (χ3n) is 4.21. The number of likely N-dealkylation sites (tertiary alicyclic amines) is 1. The van der Waals surface area contributed by atoms with Gasteiger partial charge in [0.05, 0.1) is 22.9 Å². The molecule has 2 aromatic carbocycles. The van der Waals surface area contributed by atoms with Gasteiger partial charge in [-0.1, -0.05) is 23.9 Å². The van der Waals surface area contributed by atoms with Gasteiger partial charge < -0.3 is 21.1 Å². The SMILES string of the molecule is Nc1ccc(Sc2ccccc2OCCCN2CCCC2)cc1N. The molecule has 0 aliphatic carbocycles. The van der Waals surface area contributed by atoms with Crippen molar-refractivity contribution in [3.8, 4) is 5.75 Å². The van der Waals surface area contributed by atoms with Gasteiger partial charge in [-0.2, -0.15) is 0 Å². The first kappa shape index (κ1) is 17.0. The van der Waals surface area contributed by atoms with E-state index in [-0.39, 0.29) is 0 Å². The summed E-state index contributed by atoms with van der Waals surface area (Å²) in [6, 6.07) is 13.9. The van der Waals surface area contributed by atoms with E-state index < -0.39 is 0 Å². The van der Waals surface area contributed by atoms with E-state index in [2.05, 4.69) is 11.0 Å². The van der Waals surface area contributed by atoms with E-state index in [0.717, 1.165) is 35.1 Å². The minimum Gasteiger partial charge on any atom is -0.492 e. The van der Waals surface area contributed by atoms with E-state index in [1.165, 1.54) is 25.9 Å². The number of benzene rings is 2. The van der Waals surface area contributed by atoms with E-state index in [4.69, 9.17) is 16.2 Å². The Morgan fingerprint density at radius 1 is 1.00 bits per heavy atom. The van der Waals surface area contributed by atoms with Crippen molar-refractivity contribution < 1.29 is 4.74 Å². The Labute approximate surface area is 148 Å². The molecule has 0 atom stereocenters. The van der Waals surface area contributed by atoms with Crippen LogP contribution in [0.1, 0.15) is 19.3 Å². The molecule has 0 spiro atoms. The molecule has 5 heteroatoms. The van der Waals surface area contributed by atoms with Crippen LogP contribution in [0.15, 0.2) is 52.3 Å². The molecule has 128 valence electrons. The molecular formula is C19H25N3OS. The van der Waals surface area contributed by atoms with E-state index in [9.17, 15) is 0 Å². The Hall–Kier alpha value is -1.85. The van der Waals surface area contributed by atoms with Crippen molar-refractivity contribution in [3.63, 3.8) is 0 Å². The number of para-hydroxylation sites is 1. The number of rotatable bonds is 7. The van der Waals surface area contributed by atoms with Gasteiger partial charge >= 0.3 is 0 Å². The zero-order valence-corrected chi connectivity index (χ0v) is 14.7. The lowest BCUT2D eigenvalue weighted by Gasteiger charge is -2.15. The minimum atomic E-state index is 0.615. The summed E-state index contributed by atoms with van der Waals surface area (Å²) in [6.45, 7) is 4.36. The van der Waals surface area contributed by atoms with Gasteiger partial charge in [-0.3, -0.25) is 0 Å². The Morgan fingerprint density at radius 2 is 1.79 bits per heavy atom. The van der Waals surface area contributed by atoms with E-state index in [1.54, 1.807) is 11.8 Å². The van der Waals surface area contributed by atoms with Crippen LogP contribution in [0.4, 0.5) is 11.4 Å². The van der Waals surface area contributed by atoms with Crippen molar-refractivity contribution in [2.45, 2.75) is 29.1 Å². The second kappa shape index (κ2) is 8.31. The molecule has 1 saturated heterocycles. The summed E-state index contributed by atoms with van der Waals surface area (Å²) < 4.78 is 6.02. The van der Waals surface area contributed by atoms with Crippen molar-refractivity contribution >= 4 is 23.1 Å². The molecule has 1 heterocycles. The van der Waals surface area contributed by atoms with Crippen molar-refractivity contribution in [2.75, 3.05) is 37.7 Å². The van der Waals surface area contributed by atoms with Crippen LogP contribution in [0.2, 0.25) is 0 Å². The summed E-state index contributed by atoms with van der Waals surface area (Å²) in [5.74, 6) is 0.930. The summed E-state index contributed by atoms with van der Waals surface area (Å²) in [6.07, 6.45) is 3.74. The topological polar surface area (TPSA) is 64.5 Å². The van der Waals surface area contributed by atoms with Gasteiger partial charge in [0.25, 0.3) is 0 Å². The van der Waals surface area contributed by atoms with Crippen molar-refractivity contribution in [3.05, 3.63) is 42.5 Å². The molecule has 0 amide bonds. The van der Waals surface area contributed by atoms with Gasteiger partial charge in [-0.05, 0) is 62.7 Å². The molecule has 1 aliphatic heterocycles. The highest BCUT2D eigenvalue weighted by Crippen LogP contribution is 2.36. The van der Waals surface area contributed by atoms with Gasteiger partial charge in [0.15, 0.2) is 0 Å². The average Bonchev–Trinajstić information content (AvgIpc) is 3.10. The highest BCUT2D eigenvalue weighted by Gasteiger charge is 2.11. The lowest BCUT2D eigenvalue weighted by molar-refractivity contribution is 0.259. The molecule has 0 radical (unpaired) electrons. The molecule has 0 saturated carbocycles. The molecular weight excluding hydrogens is 318 g/mol. The summed E-state index contributed by atoms with van der Waals surface area (Å²) >= 11 is 1.65. The van der Waals surface area contributed by atoms with E-state index in [1.807, 2.05) is 36.4 Å². The number of hydrogen-bond donors (Lipinski definition) is 2. The van der Waals surface area contributed by atoms with Crippen LogP contribution < -0.4 is 16.2 Å². The van der Waals surface area contributed by atoms with Gasteiger partial charge in [-0.25, -0.2) is 0 Å². The maximum atomic E-state index is 6.02. The molecule has 24 heavy (non-hydrogen) atoms. The van der Waals surface area contributed by atoms with E-state index in [0.29, 0.717) is 11.4 Å². The minimum absolute atomic E-state index is 0.615. The van der Waals surface area contributed by atoms with Gasteiger partial charge in [-0.15, -0.1) is 0 Å². The molecule has 4 nitrogen and oxygen atoms in total. The predicted octanol–water partition coefficient (Wildman–Crippen LogP) is 3.87. The smallest absolute Gasteiger partial charge is 0.133 e. The molecule has 1 aliphatic rings. The van der Waals surface area contributed by atoms with Crippen LogP contribution in [-0.2, 0) is 0 Å². The third kappa shape index (κ3) is 4.58. The Balaban J connectivity index is 1.56. The molecule has 3 rings (SSSR count). The maximum Gasteiger partial charge on any atom is 0.133 e. The lowest BCUT2D eigenvalue weighted by Crippen LogP contribution is -2.21. The van der Waals surface area contributed by atoms with Gasteiger partial charge in [0.2, 0.25) is 0 Å². The Morgan fingerprint density at radius 3 is 2.58 bits per heavy atom. The zero-order chi connectivity index (χ0) is 16.8. The summed E-state index contributed by atoms with van der Waals surface area (Å²) in [5, 5.41) is 0. The van der Waals surface area contributed by atoms with Crippen LogP contribution >= 0.6 is 11.8 Å². The summed E-state index contributed by atoms with van der Waals surface area (Å²) in [7, 11) is 0. The molecule has 0 unspecified atom stereocenters. The van der Waals surface area contributed by atoms with E-state index >= 15 is 0 Å². The second-order valence-corrected chi connectivity index (χ2v) is 7.21. The van der Waals surface area contributed by atoms with Crippen LogP contribution in [0, 0.1) is 0 Å². The first-order chi connectivity index (χ1) is 11.7. The van der Waals surface area contributed by atoms with Crippen LogP contribution in [0.3, 0.4) is 0 Å². The van der Waals surface area contributed by atoms with Crippen LogP contribution in [0.25, 0.3) is 0 Å².